The van der Waals surface area contributed by atoms with E-state index in [9.17, 15) is 8.42 Å². The fraction of sp³-hybridized carbons (Fsp3) is 0.357. The van der Waals surface area contributed by atoms with Crippen LogP contribution in [0.2, 0.25) is 0 Å². The van der Waals surface area contributed by atoms with Crippen molar-refractivity contribution < 1.29 is 8.42 Å². The normalized spacial score (nSPS) is 14.8. The first-order chi connectivity index (χ1) is 9.95. The molecule has 0 spiro atoms. The lowest BCUT2D eigenvalue weighted by atomic mass is 10.1. The number of nitrogens with zero attached hydrogens (tertiary/aromatic N) is 1. The minimum absolute atomic E-state index is 0.275. The number of nitrogens with one attached hydrogen (secondary N) is 2. The molecule has 2 heterocycles. The molecule has 2 N–H and O–H groups in total. The molecule has 21 heavy (non-hydrogen) atoms. The molecule has 0 aliphatic carbocycles. The third-order valence-electron chi connectivity index (χ3n) is 3.61. The Hall–Kier alpha value is -1.44. The molecule has 1 aliphatic rings. The summed E-state index contributed by atoms with van der Waals surface area (Å²) in [6, 6.07) is 5.13. The van der Waals surface area contributed by atoms with Gasteiger partial charge in [-0.3, -0.25) is 4.72 Å². The monoisotopic (exact) mass is 323 g/mol. The van der Waals surface area contributed by atoms with Crippen molar-refractivity contribution in [2.45, 2.75) is 31.7 Å². The van der Waals surface area contributed by atoms with Gasteiger partial charge in [-0.1, -0.05) is 17.4 Å². The number of aromatic nitrogens is 1. The molecule has 0 amide bonds. The minimum atomic E-state index is -3.57. The minimum Gasteiger partial charge on any atom is -0.311 e. The van der Waals surface area contributed by atoms with Crippen molar-refractivity contribution in [3.63, 3.8) is 0 Å². The Morgan fingerprint density at radius 1 is 1.29 bits per heavy atom. The predicted octanol–water partition coefficient (Wildman–Crippen LogP) is 2.21. The summed E-state index contributed by atoms with van der Waals surface area (Å²) in [5, 5.41) is 3.70. The zero-order valence-electron chi connectivity index (χ0n) is 11.9. The zero-order valence-corrected chi connectivity index (χ0v) is 13.6. The van der Waals surface area contributed by atoms with E-state index in [2.05, 4.69) is 15.0 Å². The average Bonchev–Trinajstić information content (AvgIpc) is 2.82. The number of fused-ring (bicyclic) bond motifs is 1. The first kappa shape index (κ1) is 14.5. The van der Waals surface area contributed by atoms with Gasteiger partial charge in [-0.25, -0.2) is 13.4 Å². The Labute approximate surface area is 128 Å². The predicted molar refractivity (Wildman–Crippen MR) is 84.2 cm³/mol. The van der Waals surface area contributed by atoms with Crippen LogP contribution in [0.3, 0.4) is 0 Å². The molecule has 7 heteroatoms. The fourth-order valence-electron chi connectivity index (χ4n) is 2.22. The molecule has 112 valence electrons. The summed E-state index contributed by atoms with van der Waals surface area (Å²) in [5.74, 6) is 0. The topological polar surface area (TPSA) is 71.1 Å². The van der Waals surface area contributed by atoms with Crippen LogP contribution in [-0.2, 0) is 23.0 Å². The van der Waals surface area contributed by atoms with E-state index >= 15 is 0 Å². The highest BCUT2D eigenvalue weighted by Gasteiger charge is 2.20. The summed E-state index contributed by atoms with van der Waals surface area (Å²) < 4.78 is 27.4. The van der Waals surface area contributed by atoms with Crippen molar-refractivity contribution in [2.75, 3.05) is 11.3 Å². The molecule has 1 aromatic carbocycles. The number of hydrogen-bond acceptors (Lipinski definition) is 5. The number of benzene rings is 1. The molecule has 0 radical (unpaired) electrons. The van der Waals surface area contributed by atoms with Crippen LogP contribution in [0.5, 0.6) is 0 Å². The van der Waals surface area contributed by atoms with Crippen LogP contribution in [0.1, 0.15) is 21.7 Å². The van der Waals surface area contributed by atoms with E-state index in [0.717, 1.165) is 41.2 Å². The van der Waals surface area contributed by atoms with E-state index in [0.29, 0.717) is 5.13 Å². The van der Waals surface area contributed by atoms with Crippen LogP contribution in [0, 0.1) is 13.8 Å². The largest absolute Gasteiger partial charge is 0.311 e. The number of aryl methyl sites for hydroxylation is 2. The Kier molecular flexibility index (Phi) is 3.73. The number of anilines is 1. The van der Waals surface area contributed by atoms with Crippen molar-refractivity contribution >= 4 is 26.5 Å². The molecule has 1 aromatic heterocycles. The first-order valence-corrected chi connectivity index (χ1v) is 9.05. The first-order valence-electron chi connectivity index (χ1n) is 6.75. The van der Waals surface area contributed by atoms with E-state index in [1.165, 1.54) is 11.3 Å². The van der Waals surface area contributed by atoms with Crippen molar-refractivity contribution in [1.29, 1.82) is 0 Å². The third-order valence-corrected chi connectivity index (χ3v) is 6.09. The lowest BCUT2D eigenvalue weighted by Crippen LogP contribution is -2.22. The third kappa shape index (κ3) is 2.95. The molecule has 1 aliphatic heterocycles. The fourth-order valence-corrected chi connectivity index (χ4v) is 4.52. The van der Waals surface area contributed by atoms with E-state index in [-0.39, 0.29) is 4.90 Å². The highest BCUT2D eigenvalue weighted by atomic mass is 32.2. The smallest absolute Gasteiger partial charge is 0.263 e. The number of thiazole rings is 1. The molecule has 2 aromatic rings. The van der Waals surface area contributed by atoms with Crippen LogP contribution in [0.15, 0.2) is 23.1 Å². The highest BCUT2D eigenvalue weighted by molar-refractivity contribution is 7.93. The lowest BCUT2D eigenvalue weighted by Gasteiger charge is -2.09. The number of hydrogen-bond donors (Lipinski definition) is 2. The summed E-state index contributed by atoms with van der Waals surface area (Å²) in [5.41, 5.74) is 3.03. The Bertz CT molecular complexity index is 758. The highest BCUT2D eigenvalue weighted by Crippen LogP contribution is 2.27. The Balaban J connectivity index is 1.88. The van der Waals surface area contributed by atoms with Gasteiger partial charge >= 0.3 is 0 Å². The van der Waals surface area contributed by atoms with Gasteiger partial charge in [0.1, 0.15) is 0 Å². The van der Waals surface area contributed by atoms with Gasteiger partial charge in [0.05, 0.1) is 10.6 Å². The lowest BCUT2D eigenvalue weighted by molar-refractivity contribution is 0.601. The van der Waals surface area contributed by atoms with Gasteiger partial charge in [0.2, 0.25) is 0 Å². The van der Waals surface area contributed by atoms with Crippen LogP contribution in [0.4, 0.5) is 5.13 Å². The SMILES string of the molecule is Cc1ccc(S(=O)(=O)Nc2nc3c(s2)CNCC3)cc1C. The molecule has 0 fully saturated rings. The molecule has 0 unspecified atom stereocenters. The molecular weight excluding hydrogens is 306 g/mol. The second kappa shape index (κ2) is 5.40. The van der Waals surface area contributed by atoms with E-state index < -0.39 is 10.0 Å². The van der Waals surface area contributed by atoms with Gasteiger partial charge in [0.15, 0.2) is 5.13 Å². The van der Waals surface area contributed by atoms with Gasteiger partial charge < -0.3 is 5.32 Å². The zero-order chi connectivity index (χ0) is 15.0. The van der Waals surface area contributed by atoms with Gasteiger partial charge in [-0.2, -0.15) is 0 Å². The van der Waals surface area contributed by atoms with Crippen molar-refractivity contribution in [1.82, 2.24) is 10.3 Å². The summed E-state index contributed by atoms with van der Waals surface area (Å²) >= 11 is 1.40. The number of sulfonamides is 1. The molecule has 3 rings (SSSR count). The molecule has 0 atom stereocenters. The van der Waals surface area contributed by atoms with Crippen molar-refractivity contribution in [3.05, 3.63) is 39.9 Å². The Morgan fingerprint density at radius 2 is 2.10 bits per heavy atom. The molecular formula is C14H17N3O2S2. The van der Waals surface area contributed by atoms with Gasteiger partial charge in [0, 0.05) is 24.4 Å². The maximum Gasteiger partial charge on any atom is 0.263 e. The van der Waals surface area contributed by atoms with Gasteiger partial charge in [-0.15, -0.1) is 0 Å². The summed E-state index contributed by atoms with van der Waals surface area (Å²) in [6.07, 6.45) is 0.844. The summed E-state index contributed by atoms with van der Waals surface area (Å²) in [7, 11) is -3.57. The van der Waals surface area contributed by atoms with Gasteiger partial charge in [0.25, 0.3) is 10.0 Å². The summed E-state index contributed by atoms with van der Waals surface area (Å²) in [4.78, 5) is 5.77. The number of rotatable bonds is 3. The molecule has 0 bridgehead atoms. The maximum atomic E-state index is 12.4. The summed E-state index contributed by atoms with van der Waals surface area (Å²) in [6.45, 7) is 5.52. The van der Waals surface area contributed by atoms with Gasteiger partial charge in [-0.05, 0) is 37.1 Å². The van der Waals surface area contributed by atoms with E-state index in [4.69, 9.17) is 0 Å². The quantitative estimate of drug-likeness (QED) is 0.908. The average molecular weight is 323 g/mol. The molecule has 0 saturated carbocycles. The van der Waals surface area contributed by atoms with E-state index in [1.54, 1.807) is 12.1 Å². The van der Waals surface area contributed by atoms with Crippen LogP contribution in [-0.4, -0.2) is 19.9 Å². The van der Waals surface area contributed by atoms with E-state index in [1.807, 2.05) is 19.9 Å². The molecule has 0 saturated heterocycles. The molecule has 5 nitrogen and oxygen atoms in total. The van der Waals surface area contributed by atoms with Crippen LogP contribution < -0.4 is 10.0 Å². The maximum absolute atomic E-state index is 12.4. The van der Waals surface area contributed by atoms with Crippen molar-refractivity contribution in [2.24, 2.45) is 0 Å². The standard InChI is InChI=1S/C14H17N3O2S2/c1-9-3-4-11(7-10(9)2)21(18,19)17-14-16-12-5-6-15-8-13(12)20-14/h3-4,7,15H,5-6,8H2,1-2H3,(H,16,17). The van der Waals surface area contributed by atoms with Crippen LogP contribution >= 0.6 is 11.3 Å². The second-order valence-electron chi connectivity index (χ2n) is 5.17. The van der Waals surface area contributed by atoms with Crippen molar-refractivity contribution in [3.8, 4) is 0 Å². The second-order valence-corrected chi connectivity index (χ2v) is 7.93. The Morgan fingerprint density at radius 3 is 2.81 bits per heavy atom. The van der Waals surface area contributed by atoms with Crippen LogP contribution in [0.25, 0.3) is 0 Å².